The lowest BCUT2D eigenvalue weighted by Crippen LogP contribution is -2.35. The van der Waals surface area contributed by atoms with Crippen LogP contribution in [0.25, 0.3) is 16.0 Å². The number of hydrogen-bond acceptors (Lipinski definition) is 7. The van der Waals surface area contributed by atoms with E-state index in [-0.39, 0.29) is 16.8 Å². The highest BCUT2D eigenvalue weighted by Crippen LogP contribution is 2.37. The summed E-state index contributed by atoms with van der Waals surface area (Å²) >= 11 is 0. The number of sulfonamides is 1. The lowest BCUT2D eigenvalue weighted by Gasteiger charge is -2.20. The molecule has 34 heavy (non-hydrogen) atoms. The fourth-order valence-corrected chi connectivity index (χ4v) is 4.14. The van der Waals surface area contributed by atoms with Crippen molar-refractivity contribution in [2.45, 2.75) is 31.7 Å². The Labute approximate surface area is 198 Å². The standard InChI is InChI=1S/C23H25N7O3S/c1-14(2)18-9-15(3)10-19(16-7-8-25-20(11-16)24-4)22(18)27-23(31)29-34(32,33)21-12-17(30(5)6)13-26-28-21/h7-14H,1-3,5-6H3,(H2,27,29,31). The number of carbonyl (C=O) groups is 1. The number of hydrogen-bond donors (Lipinski definition) is 2. The molecule has 1 aromatic carbocycles. The molecule has 2 amide bonds. The third-order valence-corrected chi connectivity index (χ3v) is 6.19. The topological polar surface area (TPSA) is 122 Å². The highest BCUT2D eigenvalue weighted by Gasteiger charge is 2.23. The summed E-state index contributed by atoms with van der Waals surface area (Å²) in [5.41, 5.74) is 4.06. The minimum absolute atomic E-state index is 0.0235. The van der Waals surface area contributed by atoms with E-state index in [4.69, 9.17) is 6.57 Å². The van der Waals surface area contributed by atoms with Gasteiger partial charge in [0.25, 0.3) is 15.8 Å². The highest BCUT2D eigenvalue weighted by molar-refractivity contribution is 7.90. The van der Waals surface area contributed by atoms with E-state index in [1.165, 1.54) is 18.5 Å². The number of carbonyl (C=O) groups excluding carboxylic acids is 1. The van der Waals surface area contributed by atoms with Crippen LogP contribution in [0, 0.1) is 13.5 Å². The Hall–Kier alpha value is -4.04. The number of aryl methyl sites for hydroxylation is 1. The van der Waals surface area contributed by atoms with Gasteiger partial charge in [-0.1, -0.05) is 32.0 Å². The molecule has 0 aliphatic rings. The van der Waals surface area contributed by atoms with Gasteiger partial charge >= 0.3 is 6.03 Å². The van der Waals surface area contributed by atoms with Gasteiger partial charge in [-0.05, 0) is 42.2 Å². The summed E-state index contributed by atoms with van der Waals surface area (Å²) in [7, 11) is -0.808. The Balaban J connectivity index is 2.00. The van der Waals surface area contributed by atoms with E-state index in [0.717, 1.165) is 11.1 Å². The number of amides is 2. The third kappa shape index (κ3) is 5.47. The molecule has 10 nitrogen and oxygen atoms in total. The predicted molar refractivity (Wildman–Crippen MR) is 130 cm³/mol. The zero-order valence-corrected chi connectivity index (χ0v) is 20.3. The summed E-state index contributed by atoms with van der Waals surface area (Å²) in [6.07, 6.45) is 2.93. The molecule has 176 valence electrons. The molecule has 0 aliphatic heterocycles. The molecule has 0 spiro atoms. The monoisotopic (exact) mass is 479 g/mol. The number of pyridine rings is 1. The first-order chi connectivity index (χ1) is 16.0. The second-order valence-corrected chi connectivity index (χ2v) is 9.78. The van der Waals surface area contributed by atoms with E-state index in [1.54, 1.807) is 31.1 Å². The summed E-state index contributed by atoms with van der Waals surface area (Å²) in [5.74, 6) is 0.234. The molecule has 3 rings (SSSR count). The Morgan fingerprint density at radius 3 is 2.56 bits per heavy atom. The lowest BCUT2D eigenvalue weighted by atomic mass is 9.92. The summed E-state index contributed by atoms with van der Waals surface area (Å²) in [5, 5.41) is 9.69. The van der Waals surface area contributed by atoms with E-state index in [2.05, 4.69) is 25.3 Å². The van der Waals surface area contributed by atoms with Gasteiger partial charge < -0.3 is 15.1 Å². The number of nitrogens with zero attached hydrogens (tertiary/aromatic N) is 5. The van der Waals surface area contributed by atoms with E-state index >= 15 is 0 Å². The Morgan fingerprint density at radius 2 is 1.91 bits per heavy atom. The van der Waals surface area contributed by atoms with Gasteiger partial charge in [-0.2, -0.15) is 13.5 Å². The quantitative estimate of drug-likeness (QED) is 0.511. The van der Waals surface area contributed by atoms with E-state index < -0.39 is 16.1 Å². The molecule has 0 fully saturated rings. The lowest BCUT2D eigenvalue weighted by molar-refractivity contribution is 0.256. The van der Waals surface area contributed by atoms with Crippen LogP contribution in [0.3, 0.4) is 0 Å². The summed E-state index contributed by atoms with van der Waals surface area (Å²) in [6.45, 7) is 13.1. The normalized spacial score (nSPS) is 11.1. The van der Waals surface area contributed by atoms with Crippen molar-refractivity contribution in [1.29, 1.82) is 0 Å². The first-order valence-electron chi connectivity index (χ1n) is 10.3. The molecule has 0 saturated carbocycles. The van der Waals surface area contributed by atoms with Gasteiger partial charge in [0.15, 0.2) is 5.03 Å². The Bertz CT molecular complexity index is 1380. The van der Waals surface area contributed by atoms with E-state index in [9.17, 15) is 13.2 Å². The number of rotatable bonds is 6. The van der Waals surface area contributed by atoms with Crippen LogP contribution in [0.2, 0.25) is 0 Å². The maximum Gasteiger partial charge on any atom is 0.333 e. The van der Waals surface area contributed by atoms with Crippen molar-refractivity contribution in [2.75, 3.05) is 24.3 Å². The zero-order chi connectivity index (χ0) is 25.0. The van der Waals surface area contributed by atoms with E-state index in [1.807, 2.05) is 37.6 Å². The van der Waals surface area contributed by atoms with Crippen molar-refractivity contribution in [3.8, 4) is 11.1 Å². The van der Waals surface area contributed by atoms with E-state index in [0.29, 0.717) is 22.5 Å². The second-order valence-electron chi connectivity index (χ2n) is 8.15. The zero-order valence-electron chi connectivity index (χ0n) is 19.5. The van der Waals surface area contributed by atoms with Gasteiger partial charge in [0.05, 0.1) is 17.6 Å². The van der Waals surface area contributed by atoms with Crippen molar-refractivity contribution in [1.82, 2.24) is 19.9 Å². The molecule has 11 heteroatoms. The minimum atomic E-state index is -4.28. The van der Waals surface area contributed by atoms with Crippen molar-refractivity contribution in [3.63, 3.8) is 0 Å². The maximum absolute atomic E-state index is 12.9. The molecule has 2 N–H and O–H groups in total. The smallest absolute Gasteiger partial charge is 0.333 e. The number of urea groups is 1. The van der Waals surface area contributed by atoms with Crippen LogP contribution in [0.1, 0.15) is 30.9 Å². The Morgan fingerprint density at radius 1 is 1.18 bits per heavy atom. The van der Waals surface area contributed by atoms with Crippen molar-refractivity contribution >= 4 is 33.2 Å². The van der Waals surface area contributed by atoms with Crippen LogP contribution in [-0.2, 0) is 10.0 Å². The molecule has 0 atom stereocenters. The average molecular weight is 480 g/mol. The molecule has 0 radical (unpaired) electrons. The van der Waals surface area contributed by atoms with Gasteiger partial charge in [0.2, 0.25) is 0 Å². The molecular weight excluding hydrogens is 454 g/mol. The minimum Gasteiger partial charge on any atom is -0.376 e. The third-order valence-electron chi connectivity index (χ3n) is 4.98. The number of aromatic nitrogens is 3. The van der Waals surface area contributed by atoms with Gasteiger partial charge in [-0.15, -0.1) is 10.1 Å². The van der Waals surface area contributed by atoms with Crippen LogP contribution in [0.5, 0.6) is 0 Å². The van der Waals surface area contributed by atoms with Crippen LogP contribution < -0.4 is 14.9 Å². The molecular formula is C23H25N7O3S. The number of benzene rings is 1. The molecule has 0 bridgehead atoms. The predicted octanol–water partition coefficient (Wildman–Crippen LogP) is 4.10. The number of anilines is 2. The summed E-state index contributed by atoms with van der Waals surface area (Å²) < 4.78 is 27.6. The largest absolute Gasteiger partial charge is 0.376 e. The van der Waals surface area contributed by atoms with Crippen molar-refractivity contribution < 1.29 is 13.2 Å². The molecule has 0 aliphatic carbocycles. The molecule has 2 aromatic heterocycles. The fourth-order valence-electron chi connectivity index (χ4n) is 3.31. The average Bonchev–Trinajstić information content (AvgIpc) is 2.79. The summed E-state index contributed by atoms with van der Waals surface area (Å²) in [4.78, 5) is 21.9. The summed E-state index contributed by atoms with van der Waals surface area (Å²) in [6, 6.07) is 7.53. The maximum atomic E-state index is 12.9. The molecule has 3 aromatic rings. The van der Waals surface area contributed by atoms with Crippen LogP contribution >= 0.6 is 0 Å². The SMILES string of the molecule is [C-]#[N+]c1cc(-c2cc(C)cc(C(C)C)c2NC(=O)NS(=O)(=O)c2cc(N(C)C)cnn2)ccn1. The molecule has 0 saturated heterocycles. The molecule has 2 heterocycles. The van der Waals surface area contributed by atoms with Crippen LogP contribution in [0.15, 0.2) is 47.8 Å². The van der Waals surface area contributed by atoms with Gasteiger partial charge in [-0.3, -0.25) is 0 Å². The van der Waals surface area contributed by atoms with Gasteiger partial charge in [0, 0.05) is 25.7 Å². The first-order valence-corrected chi connectivity index (χ1v) is 11.8. The van der Waals surface area contributed by atoms with Crippen molar-refractivity contribution in [2.24, 2.45) is 0 Å². The highest BCUT2D eigenvalue weighted by atomic mass is 32.2. The van der Waals surface area contributed by atoms with Crippen LogP contribution in [-0.4, -0.2) is 43.7 Å². The molecule has 0 unspecified atom stereocenters. The van der Waals surface area contributed by atoms with Gasteiger partial charge in [-0.25, -0.2) is 9.52 Å². The fraction of sp³-hybridized carbons (Fsp3) is 0.261. The van der Waals surface area contributed by atoms with Gasteiger partial charge in [0.1, 0.15) is 6.20 Å². The van der Waals surface area contributed by atoms with Crippen LogP contribution in [0.4, 0.5) is 22.0 Å². The second kappa shape index (κ2) is 9.84. The number of nitrogens with one attached hydrogen (secondary N) is 2. The Kier molecular flexibility index (Phi) is 7.12. The van der Waals surface area contributed by atoms with Crippen molar-refractivity contribution in [3.05, 3.63) is 65.3 Å². The first kappa shape index (κ1) is 24.6.